The number of benzene rings is 2. The summed E-state index contributed by atoms with van der Waals surface area (Å²) in [6, 6.07) is 11.3. The highest BCUT2D eigenvalue weighted by Gasteiger charge is 2.33. The molecule has 0 spiro atoms. The van der Waals surface area contributed by atoms with Gasteiger partial charge < -0.3 is 14.5 Å². The number of aromatic amines is 1. The minimum atomic E-state index is -3.87. The number of fused-ring (bicyclic) bond motifs is 1. The van der Waals surface area contributed by atoms with Gasteiger partial charge in [-0.25, -0.2) is 13.2 Å². The van der Waals surface area contributed by atoms with Crippen molar-refractivity contribution in [1.29, 1.82) is 0 Å². The molecule has 1 N–H and O–H groups in total. The van der Waals surface area contributed by atoms with E-state index in [4.69, 9.17) is 9.47 Å². The Hall–Kier alpha value is -3.17. The van der Waals surface area contributed by atoms with E-state index in [0.717, 1.165) is 30.2 Å². The van der Waals surface area contributed by atoms with Crippen LogP contribution in [0.15, 0.2) is 53.6 Å². The number of ether oxygens (including phenoxy) is 2. The van der Waals surface area contributed by atoms with E-state index in [1.54, 1.807) is 6.20 Å². The second-order valence-corrected chi connectivity index (χ2v) is 9.93. The number of H-pyrrole nitrogens is 1. The molecule has 1 fully saturated rings. The second-order valence-electron chi connectivity index (χ2n) is 8.07. The van der Waals surface area contributed by atoms with Crippen molar-refractivity contribution >= 4 is 32.7 Å². The van der Waals surface area contributed by atoms with E-state index in [-0.39, 0.29) is 28.0 Å². The first kappa shape index (κ1) is 23.0. The Morgan fingerprint density at radius 2 is 1.94 bits per heavy atom. The molecule has 1 aromatic heterocycles. The number of Topliss-reactive ketones (excluding diaryl/α,β-unsaturated/α-hetero) is 1. The second kappa shape index (κ2) is 9.36. The number of nitrogens with one attached hydrogen (secondary N) is 1. The molecule has 2 aromatic carbocycles. The number of methoxy groups -OCH3 is 1. The Labute approximate surface area is 192 Å². The Balaban J connectivity index is 1.54. The highest BCUT2D eigenvalue weighted by molar-refractivity contribution is 7.89. The van der Waals surface area contributed by atoms with E-state index in [2.05, 4.69) is 4.98 Å². The van der Waals surface area contributed by atoms with E-state index in [9.17, 15) is 18.0 Å². The number of piperidine rings is 1. The molecule has 1 saturated heterocycles. The molecule has 0 unspecified atom stereocenters. The molecule has 0 aliphatic carbocycles. The highest BCUT2D eigenvalue weighted by Crippen LogP contribution is 2.32. The van der Waals surface area contributed by atoms with Gasteiger partial charge in [0, 0.05) is 35.2 Å². The van der Waals surface area contributed by atoms with E-state index in [0.29, 0.717) is 12.1 Å². The number of hydrogen-bond acceptors (Lipinski definition) is 6. The van der Waals surface area contributed by atoms with Crippen molar-refractivity contribution in [3.8, 4) is 5.75 Å². The van der Waals surface area contributed by atoms with Crippen LogP contribution in [0.3, 0.4) is 0 Å². The summed E-state index contributed by atoms with van der Waals surface area (Å²) < 4.78 is 38.6. The number of carbonyl (C=O) groups excluding carboxylic acids is 2. The van der Waals surface area contributed by atoms with Crippen molar-refractivity contribution in [1.82, 2.24) is 9.29 Å². The van der Waals surface area contributed by atoms with Crippen LogP contribution in [0.4, 0.5) is 0 Å². The summed E-state index contributed by atoms with van der Waals surface area (Å²) in [4.78, 5) is 28.2. The van der Waals surface area contributed by atoms with Gasteiger partial charge in [0.1, 0.15) is 10.6 Å². The first-order valence-electron chi connectivity index (χ1n) is 10.8. The van der Waals surface area contributed by atoms with Gasteiger partial charge >= 0.3 is 5.97 Å². The Kier molecular flexibility index (Phi) is 6.53. The zero-order valence-corrected chi connectivity index (χ0v) is 19.4. The summed E-state index contributed by atoms with van der Waals surface area (Å²) in [5.41, 5.74) is 1.27. The summed E-state index contributed by atoms with van der Waals surface area (Å²) in [5.74, 6) is -0.988. The smallest absolute Gasteiger partial charge is 0.338 e. The monoisotopic (exact) mass is 470 g/mol. The minimum Gasteiger partial charge on any atom is -0.495 e. The maximum Gasteiger partial charge on any atom is 0.338 e. The lowest BCUT2D eigenvalue weighted by Gasteiger charge is -2.32. The van der Waals surface area contributed by atoms with Crippen LogP contribution in [0.1, 0.15) is 46.9 Å². The van der Waals surface area contributed by atoms with Crippen LogP contribution < -0.4 is 4.74 Å². The van der Waals surface area contributed by atoms with Crippen molar-refractivity contribution in [3.63, 3.8) is 0 Å². The van der Waals surface area contributed by atoms with Crippen LogP contribution in [0.5, 0.6) is 5.75 Å². The van der Waals surface area contributed by atoms with Crippen molar-refractivity contribution in [2.24, 2.45) is 0 Å². The van der Waals surface area contributed by atoms with Gasteiger partial charge in [-0.15, -0.1) is 0 Å². The molecular weight excluding hydrogens is 444 g/mol. The van der Waals surface area contributed by atoms with Gasteiger partial charge in [-0.1, -0.05) is 24.6 Å². The lowest BCUT2D eigenvalue weighted by atomic mass is 10.1. The molecule has 8 nitrogen and oxygen atoms in total. The van der Waals surface area contributed by atoms with E-state index in [1.165, 1.54) is 29.6 Å². The molecule has 0 saturated carbocycles. The Morgan fingerprint density at radius 1 is 1.15 bits per heavy atom. The number of rotatable bonds is 7. The van der Waals surface area contributed by atoms with E-state index in [1.807, 2.05) is 31.2 Å². The van der Waals surface area contributed by atoms with Crippen molar-refractivity contribution in [3.05, 3.63) is 59.8 Å². The molecule has 9 heteroatoms. The Bertz CT molecular complexity index is 1300. The summed E-state index contributed by atoms with van der Waals surface area (Å²) in [6.07, 6.45) is 4.11. The third-order valence-corrected chi connectivity index (χ3v) is 7.99. The quantitative estimate of drug-likeness (QED) is 0.416. The first-order chi connectivity index (χ1) is 15.8. The number of ketones is 1. The van der Waals surface area contributed by atoms with Crippen LogP contribution in [0.2, 0.25) is 0 Å². The van der Waals surface area contributed by atoms with Gasteiger partial charge in [0.2, 0.25) is 15.8 Å². The number of carbonyl (C=O) groups is 2. The predicted molar refractivity (Wildman–Crippen MR) is 123 cm³/mol. The molecule has 3 aromatic rings. The number of nitrogens with zero attached hydrogens (tertiary/aromatic N) is 1. The first-order valence-corrected chi connectivity index (χ1v) is 12.2. The molecule has 1 aliphatic rings. The average molecular weight is 471 g/mol. The van der Waals surface area contributed by atoms with Gasteiger partial charge in [0.25, 0.3) is 0 Å². The van der Waals surface area contributed by atoms with Gasteiger partial charge in [-0.05, 0) is 44.0 Å². The third kappa shape index (κ3) is 4.51. The zero-order chi connectivity index (χ0) is 23.6. The topological polar surface area (TPSA) is 106 Å². The maximum absolute atomic E-state index is 13.3. The molecule has 33 heavy (non-hydrogen) atoms. The molecule has 2 heterocycles. The van der Waals surface area contributed by atoms with Crippen molar-refractivity contribution in [2.45, 2.75) is 37.1 Å². The molecular formula is C24H26N2O6S. The van der Waals surface area contributed by atoms with Crippen molar-refractivity contribution in [2.75, 3.05) is 20.3 Å². The summed E-state index contributed by atoms with van der Waals surface area (Å²) in [6.45, 7) is 1.83. The third-order valence-electron chi connectivity index (χ3n) is 5.95. The maximum atomic E-state index is 13.3. The fourth-order valence-electron chi connectivity index (χ4n) is 4.15. The molecule has 0 radical (unpaired) electrons. The van der Waals surface area contributed by atoms with Gasteiger partial charge in [0.15, 0.2) is 6.61 Å². The van der Waals surface area contributed by atoms with Gasteiger partial charge in [0.05, 0.1) is 12.7 Å². The number of aromatic nitrogens is 1. The molecule has 1 atom stereocenters. The van der Waals surface area contributed by atoms with Gasteiger partial charge in [-0.2, -0.15) is 4.31 Å². The zero-order valence-electron chi connectivity index (χ0n) is 18.5. The molecule has 4 rings (SSSR count). The summed E-state index contributed by atoms with van der Waals surface area (Å²) >= 11 is 0. The normalized spacial score (nSPS) is 17.1. The minimum absolute atomic E-state index is 0.0331. The highest BCUT2D eigenvalue weighted by atomic mass is 32.2. The number of hydrogen-bond donors (Lipinski definition) is 1. The van der Waals surface area contributed by atoms with Crippen LogP contribution in [0, 0.1) is 0 Å². The standard InChI is InChI=1S/C24H26N2O6S/c1-16-7-5-6-12-26(16)33(29,30)23-13-17(10-11-22(23)31-2)24(28)32-15-21(27)19-14-25-20-9-4-3-8-18(19)20/h3-4,8-11,13-14,16,25H,5-7,12,15H2,1-2H3/t16-/m1/s1. The molecule has 174 valence electrons. The predicted octanol–water partition coefficient (Wildman–Crippen LogP) is 3.78. The Morgan fingerprint density at radius 3 is 2.70 bits per heavy atom. The number of sulfonamides is 1. The number of para-hydroxylation sites is 1. The lowest BCUT2D eigenvalue weighted by molar-refractivity contribution is 0.0475. The molecule has 1 aliphatic heterocycles. The molecule has 0 amide bonds. The fraction of sp³-hybridized carbons (Fsp3) is 0.333. The summed E-state index contributed by atoms with van der Waals surface area (Å²) in [5, 5.41) is 0.743. The SMILES string of the molecule is COc1ccc(C(=O)OCC(=O)c2c[nH]c3ccccc23)cc1S(=O)(=O)N1CCCC[C@H]1C. The summed E-state index contributed by atoms with van der Waals surface area (Å²) in [7, 11) is -2.49. The van der Waals surface area contributed by atoms with Crippen LogP contribution >= 0.6 is 0 Å². The molecule has 0 bridgehead atoms. The lowest BCUT2D eigenvalue weighted by Crippen LogP contribution is -2.42. The fourth-order valence-corrected chi connectivity index (χ4v) is 6.04. The number of esters is 1. The van der Waals surface area contributed by atoms with E-state index >= 15 is 0 Å². The average Bonchev–Trinajstić information content (AvgIpc) is 3.26. The van der Waals surface area contributed by atoms with Crippen LogP contribution in [0.25, 0.3) is 10.9 Å². The van der Waals surface area contributed by atoms with Gasteiger partial charge in [-0.3, -0.25) is 4.79 Å². The van der Waals surface area contributed by atoms with Crippen LogP contribution in [-0.4, -0.2) is 55.8 Å². The van der Waals surface area contributed by atoms with E-state index < -0.39 is 22.6 Å². The van der Waals surface area contributed by atoms with Crippen molar-refractivity contribution < 1.29 is 27.5 Å². The van der Waals surface area contributed by atoms with Crippen LogP contribution in [-0.2, 0) is 14.8 Å². The largest absolute Gasteiger partial charge is 0.495 e.